The molecule has 1 aliphatic rings. The highest BCUT2D eigenvalue weighted by Crippen LogP contribution is 2.18. The van der Waals surface area contributed by atoms with Gasteiger partial charge in [0.2, 0.25) is 0 Å². The minimum atomic E-state index is -0.499. The number of aliphatic hydroxyl groups excluding tert-OH is 2. The molecule has 0 saturated carbocycles. The number of carbonyl (C=O) groups excluding carboxylic acids is 1. The van der Waals surface area contributed by atoms with E-state index in [0.29, 0.717) is 13.0 Å². The second-order valence-corrected chi connectivity index (χ2v) is 3.56. The summed E-state index contributed by atoms with van der Waals surface area (Å²) in [5, 5.41) is 18.3. The zero-order valence-electron chi connectivity index (χ0n) is 7.97. The van der Waals surface area contributed by atoms with Gasteiger partial charge in [0.25, 0.3) is 0 Å². The molecular weight excluding hydrogens is 172 g/mol. The first-order chi connectivity index (χ1) is 6.06. The van der Waals surface area contributed by atoms with Crippen molar-refractivity contribution in [3.63, 3.8) is 0 Å². The molecule has 0 aliphatic carbocycles. The fraction of sp³-hybridized carbons (Fsp3) is 0.875. The van der Waals surface area contributed by atoms with E-state index in [1.165, 1.54) is 9.80 Å². The van der Waals surface area contributed by atoms with Crippen LogP contribution in [0.1, 0.15) is 6.42 Å². The molecule has 1 aliphatic heterocycles. The Morgan fingerprint density at radius 1 is 1.62 bits per heavy atom. The van der Waals surface area contributed by atoms with Gasteiger partial charge < -0.3 is 20.0 Å². The van der Waals surface area contributed by atoms with Crippen LogP contribution in [0.2, 0.25) is 0 Å². The molecule has 0 aromatic rings. The summed E-state index contributed by atoms with van der Waals surface area (Å²) in [4.78, 5) is 14.4. The lowest BCUT2D eigenvalue weighted by Gasteiger charge is -2.26. The maximum Gasteiger partial charge on any atom is 0.319 e. The summed E-state index contributed by atoms with van der Waals surface area (Å²) in [7, 11) is 3.31. The van der Waals surface area contributed by atoms with Gasteiger partial charge in [0, 0.05) is 20.6 Å². The molecule has 1 saturated heterocycles. The monoisotopic (exact) mass is 188 g/mol. The van der Waals surface area contributed by atoms with Crippen molar-refractivity contribution in [1.82, 2.24) is 9.80 Å². The summed E-state index contributed by atoms with van der Waals surface area (Å²) in [6.07, 6.45) is -0.0307. The number of amides is 2. The number of hydrogen-bond donors (Lipinski definition) is 2. The van der Waals surface area contributed by atoms with E-state index in [1.807, 2.05) is 0 Å². The van der Waals surface area contributed by atoms with Crippen molar-refractivity contribution in [3.05, 3.63) is 0 Å². The van der Waals surface area contributed by atoms with Crippen LogP contribution in [0.3, 0.4) is 0 Å². The third kappa shape index (κ3) is 2.10. The highest BCUT2D eigenvalue weighted by molar-refractivity contribution is 5.74. The van der Waals surface area contributed by atoms with Crippen LogP contribution in [-0.4, -0.2) is 65.4 Å². The van der Waals surface area contributed by atoms with Crippen molar-refractivity contribution in [3.8, 4) is 0 Å². The molecule has 2 N–H and O–H groups in total. The largest absolute Gasteiger partial charge is 0.394 e. The number of β-amino-alcohol motifs (C(OH)–C–C–N with tert-alkyl or cyclic N) is 1. The van der Waals surface area contributed by atoms with Crippen LogP contribution in [0.5, 0.6) is 0 Å². The Kier molecular flexibility index (Phi) is 3.11. The summed E-state index contributed by atoms with van der Waals surface area (Å²) in [6.45, 7) is 0.235. The third-order valence-electron chi connectivity index (χ3n) is 2.23. The zero-order chi connectivity index (χ0) is 10.0. The van der Waals surface area contributed by atoms with Gasteiger partial charge in [0.05, 0.1) is 18.8 Å². The van der Waals surface area contributed by atoms with Gasteiger partial charge in [-0.3, -0.25) is 0 Å². The lowest BCUT2D eigenvalue weighted by molar-refractivity contribution is 0.136. The fourth-order valence-corrected chi connectivity index (χ4v) is 1.56. The second kappa shape index (κ2) is 3.93. The summed E-state index contributed by atoms with van der Waals surface area (Å²) in [6, 6.07) is -0.388. The van der Waals surface area contributed by atoms with Gasteiger partial charge in [0.15, 0.2) is 0 Å². The number of rotatable bonds is 1. The Balaban J connectivity index is 2.62. The average Bonchev–Trinajstić information content (AvgIpc) is 2.45. The van der Waals surface area contributed by atoms with Crippen LogP contribution in [-0.2, 0) is 0 Å². The first-order valence-electron chi connectivity index (χ1n) is 4.33. The lowest BCUT2D eigenvalue weighted by Crippen LogP contribution is -2.43. The fourth-order valence-electron chi connectivity index (χ4n) is 1.56. The van der Waals surface area contributed by atoms with Gasteiger partial charge in [-0.2, -0.15) is 0 Å². The molecule has 1 heterocycles. The SMILES string of the molecule is CN(C)C(=O)N1C[C@@H](O)C[C@H]1CO. The molecule has 2 amide bonds. The zero-order valence-corrected chi connectivity index (χ0v) is 7.97. The van der Waals surface area contributed by atoms with E-state index in [1.54, 1.807) is 14.1 Å². The van der Waals surface area contributed by atoms with Gasteiger partial charge in [-0.05, 0) is 6.42 Å². The lowest BCUT2D eigenvalue weighted by atomic mass is 10.2. The molecule has 0 spiro atoms. The summed E-state index contributed by atoms with van der Waals surface area (Å²) in [5.41, 5.74) is 0. The van der Waals surface area contributed by atoms with Crippen LogP contribution >= 0.6 is 0 Å². The molecule has 0 aromatic heterocycles. The maximum atomic E-state index is 11.5. The molecule has 1 fully saturated rings. The molecule has 13 heavy (non-hydrogen) atoms. The minimum Gasteiger partial charge on any atom is -0.394 e. The topological polar surface area (TPSA) is 64.0 Å². The standard InChI is InChI=1S/C8H16N2O3/c1-9(2)8(13)10-4-7(12)3-6(10)5-11/h6-7,11-12H,3-5H2,1-2H3/t6-,7-/m0/s1. The average molecular weight is 188 g/mol. The number of aliphatic hydroxyl groups is 2. The van der Waals surface area contributed by atoms with E-state index in [-0.39, 0.29) is 18.7 Å². The Bertz CT molecular complexity index is 196. The van der Waals surface area contributed by atoms with Crippen molar-refractivity contribution in [2.75, 3.05) is 27.2 Å². The van der Waals surface area contributed by atoms with Gasteiger partial charge in [0.1, 0.15) is 0 Å². The van der Waals surface area contributed by atoms with Crippen LogP contribution < -0.4 is 0 Å². The van der Waals surface area contributed by atoms with Crippen molar-refractivity contribution >= 4 is 6.03 Å². The molecule has 5 heteroatoms. The Labute approximate surface area is 77.6 Å². The van der Waals surface area contributed by atoms with Crippen LogP contribution in [0.4, 0.5) is 4.79 Å². The molecule has 76 valence electrons. The Morgan fingerprint density at radius 2 is 2.23 bits per heavy atom. The number of urea groups is 1. The minimum absolute atomic E-state index is 0.0867. The smallest absolute Gasteiger partial charge is 0.319 e. The predicted molar refractivity (Wildman–Crippen MR) is 47.3 cm³/mol. The molecular formula is C8H16N2O3. The first kappa shape index (κ1) is 10.3. The first-order valence-corrected chi connectivity index (χ1v) is 4.33. The van der Waals surface area contributed by atoms with E-state index >= 15 is 0 Å². The third-order valence-corrected chi connectivity index (χ3v) is 2.23. The van der Waals surface area contributed by atoms with Gasteiger partial charge in [-0.25, -0.2) is 4.79 Å². The van der Waals surface area contributed by atoms with E-state index in [4.69, 9.17) is 5.11 Å². The Morgan fingerprint density at radius 3 is 2.69 bits per heavy atom. The van der Waals surface area contributed by atoms with E-state index < -0.39 is 6.10 Å². The summed E-state index contributed by atoms with van der Waals surface area (Å²) in [5.74, 6) is 0. The number of likely N-dealkylation sites (tertiary alicyclic amines) is 1. The molecule has 0 aromatic carbocycles. The normalized spacial score (nSPS) is 27.8. The van der Waals surface area contributed by atoms with Crippen molar-refractivity contribution in [2.24, 2.45) is 0 Å². The van der Waals surface area contributed by atoms with Gasteiger partial charge >= 0.3 is 6.03 Å². The summed E-state index contributed by atoms with van der Waals surface area (Å²) < 4.78 is 0. The van der Waals surface area contributed by atoms with Crippen molar-refractivity contribution < 1.29 is 15.0 Å². The predicted octanol–water partition coefficient (Wildman–Crippen LogP) is -0.905. The second-order valence-electron chi connectivity index (χ2n) is 3.56. The highest BCUT2D eigenvalue weighted by Gasteiger charge is 2.34. The molecule has 0 unspecified atom stereocenters. The van der Waals surface area contributed by atoms with Gasteiger partial charge in [-0.15, -0.1) is 0 Å². The molecule has 2 atom stereocenters. The summed E-state index contributed by atoms with van der Waals surface area (Å²) >= 11 is 0. The van der Waals surface area contributed by atoms with Crippen LogP contribution in [0, 0.1) is 0 Å². The van der Waals surface area contributed by atoms with Crippen LogP contribution in [0.15, 0.2) is 0 Å². The van der Waals surface area contributed by atoms with Crippen LogP contribution in [0.25, 0.3) is 0 Å². The quantitative estimate of drug-likeness (QED) is 0.560. The van der Waals surface area contributed by atoms with Crippen molar-refractivity contribution in [2.45, 2.75) is 18.6 Å². The number of nitrogens with zero attached hydrogens (tertiary/aromatic N) is 2. The van der Waals surface area contributed by atoms with E-state index in [9.17, 15) is 9.90 Å². The number of carbonyl (C=O) groups is 1. The van der Waals surface area contributed by atoms with E-state index in [2.05, 4.69) is 0 Å². The van der Waals surface area contributed by atoms with Gasteiger partial charge in [-0.1, -0.05) is 0 Å². The maximum absolute atomic E-state index is 11.5. The molecule has 1 rings (SSSR count). The van der Waals surface area contributed by atoms with Crippen molar-refractivity contribution in [1.29, 1.82) is 0 Å². The molecule has 0 bridgehead atoms. The number of hydrogen-bond acceptors (Lipinski definition) is 3. The Hall–Kier alpha value is -0.810. The molecule has 5 nitrogen and oxygen atoms in total. The highest BCUT2D eigenvalue weighted by atomic mass is 16.3. The van der Waals surface area contributed by atoms with E-state index in [0.717, 1.165) is 0 Å². The molecule has 0 radical (unpaired) electrons.